The molecule has 0 aliphatic heterocycles. The molecule has 2 aromatic rings. The summed E-state index contributed by atoms with van der Waals surface area (Å²) >= 11 is 0. The van der Waals surface area contributed by atoms with E-state index in [0.717, 1.165) is 19.3 Å². The van der Waals surface area contributed by atoms with Gasteiger partial charge in [-0.3, -0.25) is 4.79 Å². The summed E-state index contributed by atoms with van der Waals surface area (Å²) in [5.41, 5.74) is -0.00592. The fourth-order valence-corrected chi connectivity index (χ4v) is 3.44. The molecule has 124 valence electrons. The van der Waals surface area contributed by atoms with E-state index in [0.29, 0.717) is 23.4 Å². The van der Waals surface area contributed by atoms with Crippen molar-refractivity contribution >= 4 is 10.9 Å². The second-order valence-corrected chi connectivity index (χ2v) is 6.25. The molecule has 1 saturated carbocycles. The van der Waals surface area contributed by atoms with Gasteiger partial charge in [0.1, 0.15) is 0 Å². The van der Waals surface area contributed by atoms with Gasteiger partial charge in [-0.2, -0.15) is 4.98 Å². The molecule has 0 amide bonds. The molecule has 1 heterocycles. The van der Waals surface area contributed by atoms with Crippen molar-refractivity contribution in [3.63, 3.8) is 0 Å². The number of hydrogen-bond acceptors (Lipinski definition) is 4. The molecule has 1 aliphatic rings. The molecule has 1 N–H and O–H groups in total. The Labute approximate surface area is 133 Å². The first-order valence-electron chi connectivity index (χ1n) is 7.99. The first-order valence-corrected chi connectivity index (χ1v) is 7.99. The predicted octanol–water partition coefficient (Wildman–Crippen LogP) is 2.49. The number of rotatable bonds is 5. The molecular weight excluding hydrogens is 299 g/mol. The molecule has 1 aromatic carbocycles. The third-order valence-corrected chi connectivity index (χ3v) is 4.61. The number of benzene rings is 1. The SMILES string of the molecule is COc1cc2c(=O)ncn(CC(O)CC3CCCC3)c2cc1F. The zero-order valence-corrected chi connectivity index (χ0v) is 13.2. The fourth-order valence-electron chi connectivity index (χ4n) is 3.44. The maximum Gasteiger partial charge on any atom is 0.280 e. The van der Waals surface area contributed by atoms with E-state index in [9.17, 15) is 14.3 Å². The Morgan fingerprint density at radius 1 is 1.43 bits per heavy atom. The average molecular weight is 320 g/mol. The van der Waals surface area contributed by atoms with E-state index in [1.807, 2.05) is 0 Å². The molecule has 23 heavy (non-hydrogen) atoms. The Morgan fingerprint density at radius 3 is 2.87 bits per heavy atom. The molecule has 6 heteroatoms. The Morgan fingerprint density at radius 2 is 2.17 bits per heavy atom. The highest BCUT2D eigenvalue weighted by Crippen LogP contribution is 2.29. The zero-order valence-electron chi connectivity index (χ0n) is 13.2. The van der Waals surface area contributed by atoms with E-state index < -0.39 is 17.5 Å². The van der Waals surface area contributed by atoms with Gasteiger partial charge in [0.15, 0.2) is 11.6 Å². The van der Waals surface area contributed by atoms with Gasteiger partial charge in [-0.15, -0.1) is 0 Å². The maximum absolute atomic E-state index is 14.0. The fraction of sp³-hybridized carbons (Fsp3) is 0.529. The Kier molecular flexibility index (Phi) is 4.61. The van der Waals surface area contributed by atoms with Crippen molar-refractivity contribution in [2.75, 3.05) is 7.11 Å². The average Bonchev–Trinajstić information content (AvgIpc) is 3.02. The second-order valence-electron chi connectivity index (χ2n) is 6.25. The third kappa shape index (κ3) is 3.37. The summed E-state index contributed by atoms with van der Waals surface area (Å²) in [6, 6.07) is 2.62. The molecule has 0 spiro atoms. The highest BCUT2D eigenvalue weighted by molar-refractivity contribution is 5.79. The summed E-state index contributed by atoms with van der Waals surface area (Å²) in [7, 11) is 1.35. The zero-order chi connectivity index (χ0) is 16.4. The Bertz CT molecular complexity index is 753. The molecule has 0 bridgehead atoms. The number of methoxy groups -OCH3 is 1. The van der Waals surface area contributed by atoms with E-state index in [-0.39, 0.29) is 5.75 Å². The lowest BCUT2D eigenvalue weighted by atomic mass is 10.00. The van der Waals surface area contributed by atoms with Gasteiger partial charge in [0.25, 0.3) is 5.56 Å². The third-order valence-electron chi connectivity index (χ3n) is 4.61. The molecule has 0 radical (unpaired) electrons. The normalized spacial score (nSPS) is 16.8. The van der Waals surface area contributed by atoms with Crippen molar-refractivity contribution in [1.29, 1.82) is 0 Å². The van der Waals surface area contributed by atoms with Crippen molar-refractivity contribution in [2.45, 2.75) is 44.8 Å². The van der Waals surface area contributed by atoms with E-state index in [1.54, 1.807) is 4.57 Å². The molecular formula is C17H21FN2O3. The van der Waals surface area contributed by atoms with Crippen LogP contribution in [0.15, 0.2) is 23.3 Å². The van der Waals surface area contributed by atoms with Crippen LogP contribution in [0, 0.1) is 11.7 Å². The summed E-state index contributed by atoms with van der Waals surface area (Å²) in [4.78, 5) is 15.7. The van der Waals surface area contributed by atoms with E-state index in [4.69, 9.17) is 4.74 Å². The summed E-state index contributed by atoms with van der Waals surface area (Å²) in [6.07, 6.45) is 6.34. The summed E-state index contributed by atoms with van der Waals surface area (Å²) in [5, 5.41) is 10.6. The van der Waals surface area contributed by atoms with Crippen molar-refractivity contribution < 1.29 is 14.2 Å². The van der Waals surface area contributed by atoms with Crippen LogP contribution >= 0.6 is 0 Å². The molecule has 1 aliphatic carbocycles. The molecule has 1 unspecified atom stereocenters. The molecule has 3 rings (SSSR count). The maximum atomic E-state index is 14.0. The standard InChI is InChI=1S/C17H21FN2O3/c1-23-16-7-13-15(8-14(16)18)20(10-19-17(13)22)9-12(21)6-11-4-2-3-5-11/h7-8,10-12,21H,2-6,9H2,1H3. The molecule has 0 saturated heterocycles. The Balaban J connectivity index is 1.89. The predicted molar refractivity (Wildman–Crippen MR) is 85.1 cm³/mol. The number of hydrogen-bond donors (Lipinski definition) is 1. The first-order chi connectivity index (χ1) is 11.1. The van der Waals surface area contributed by atoms with Gasteiger partial charge in [-0.05, 0) is 18.4 Å². The van der Waals surface area contributed by atoms with Crippen molar-refractivity contribution in [2.24, 2.45) is 5.92 Å². The minimum atomic E-state index is -0.537. The summed E-state index contributed by atoms with van der Waals surface area (Å²) in [5.74, 6) is 0.0331. The van der Waals surface area contributed by atoms with Crippen LogP contribution in [-0.2, 0) is 6.54 Å². The quantitative estimate of drug-likeness (QED) is 0.919. The lowest BCUT2D eigenvalue weighted by Crippen LogP contribution is -2.22. The van der Waals surface area contributed by atoms with Crippen molar-refractivity contribution in [3.8, 4) is 5.75 Å². The van der Waals surface area contributed by atoms with Crippen molar-refractivity contribution in [1.82, 2.24) is 9.55 Å². The topological polar surface area (TPSA) is 64.3 Å². The van der Waals surface area contributed by atoms with Crippen LogP contribution in [0.1, 0.15) is 32.1 Å². The smallest absolute Gasteiger partial charge is 0.280 e. The van der Waals surface area contributed by atoms with Gasteiger partial charge in [0.2, 0.25) is 0 Å². The molecule has 1 fully saturated rings. The number of aromatic nitrogens is 2. The summed E-state index contributed by atoms with van der Waals surface area (Å²) in [6.45, 7) is 0.298. The van der Waals surface area contributed by atoms with Gasteiger partial charge < -0.3 is 14.4 Å². The van der Waals surface area contributed by atoms with Gasteiger partial charge in [-0.1, -0.05) is 25.7 Å². The lowest BCUT2D eigenvalue weighted by Gasteiger charge is -2.18. The monoisotopic (exact) mass is 320 g/mol. The number of ether oxygens (including phenoxy) is 1. The minimum Gasteiger partial charge on any atom is -0.494 e. The van der Waals surface area contributed by atoms with Crippen LogP contribution in [0.4, 0.5) is 4.39 Å². The number of nitrogens with zero attached hydrogens (tertiary/aromatic N) is 2. The number of aliphatic hydroxyl groups is 1. The highest BCUT2D eigenvalue weighted by Gasteiger charge is 2.20. The van der Waals surface area contributed by atoms with Crippen LogP contribution < -0.4 is 10.3 Å². The van der Waals surface area contributed by atoms with Gasteiger partial charge in [0.05, 0.1) is 37.0 Å². The van der Waals surface area contributed by atoms with Crippen LogP contribution in [0.3, 0.4) is 0 Å². The van der Waals surface area contributed by atoms with E-state index in [1.165, 1.54) is 38.4 Å². The van der Waals surface area contributed by atoms with Crippen LogP contribution in [-0.4, -0.2) is 27.9 Å². The lowest BCUT2D eigenvalue weighted by molar-refractivity contribution is 0.125. The number of fused-ring (bicyclic) bond motifs is 1. The Hall–Kier alpha value is -1.95. The van der Waals surface area contributed by atoms with E-state index >= 15 is 0 Å². The number of aliphatic hydroxyl groups excluding tert-OH is 1. The molecule has 5 nitrogen and oxygen atoms in total. The van der Waals surface area contributed by atoms with E-state index in [2.05, 4.69) is 4.98 Å². The number of halogens is 1. The van der Waals surface area contributed by atoms with Gasteiger partial charge in [-0.25, -0.2) is 4.39 Å². The second kappa shape index (κ2) is 6.66. The molecule has 1 atom stereocenters. The van der Waals surface area contributed by atoms with Gasteiger partial charge in [0, 0.05) is 6.07 Å². The first kappa shape index (κ1) is 15.9. The van der Waals surface area contributed by atoms with Gasteiger partial charge >= 0.3 is 0 Å². The van der Waals surface area contributed by atoms with Crippen molar-refractivity contribution in [3.05, 3.63) is 34.6 Å². The molecule has 1 aromatic heterocycles. The van der Waals surface area contributed by atoms with Crippen LogP contribution in [0.5, 0.6) is 5.75 Å². The van der Waals surface area contributed by atoms with Crippen LogP contribution in [0.2, 0.25) is 0 Å². The highest BCUT2D eigenvalue weighted by atomic mass is 19.1. The minimum absolute atomic E-state index is 0.0145. The summed E-state index contributed by atoms with van der Waals surface area (Å²) < 4.78 is 20.5. The largest absolute Gasteiger partial charge is 0.494 e. The van der Waals surface area contributed by atoms with Crippen LogP contribution in [0.25, 0.3) is 10.9 Å².